The Hall–Kier alpha value is -1.35. The van der Waals surface area contributed by atoms with E-state index in [-0.39, 0.29) is 11.9 Å². The first-order valence-electron chi connectivity index (χ1n) is 7.69. The number of benzene rings is 1. The molecular weight excluding hydrogens is 248 g/mol. The van der Waals surface area contributed by atoms with E-state index in [1.54, 1.807) is 4.90 Å². The summed E-state index contributed by atoms with van der Waals surface area (Å²) < 4.78 is 0. The third-order valence-electron chi connectivity index (χ3n) is 4.35. The molecule has 1 atom stereocenters. The van der Waals surface area contributed by atoms with E-state index in [1.807, 2.05) is 20.9 Å². The van der Waals surface area contributed by atoms with Gasteiger partial charge in [0.05, 0.1) is 6.04 Å². The van der Waals surface area contributed by atoms with Crippen LogP contribution in [0.25, 0.3) is 0 Å². The monoisotopic (exact) mass is 274 g/mol. The fourth-order valence-electron chi connectivity index (χ4n) is 2.93. The predicted molar refractivity (Wildman–Crippen MR) is 82.8 cm³/mol. The zero-order valence-electron chi connectivity index (χ0n) is 12.9. The van der Waals surface area contributed by atoms with Crippen LogP contribution in [0, 0.1) is 0 Å². The number of aryl methyl sites for hydroxylation is 2. The van der Waals surface area contributed by atoms with E-state index < -0.39 is 0 Å². The maximum absolute atomic E-state index is 12.1. The lowest BCUT2D eigenvalue weighted by Gasteiger charge is -2.25. The van der Waals surface area contributed by atoms with Gasteiger partial charge in [-0.3, -0.25) is 4.79 Å². The molecule has 20 heavy (non-hydrogen) atoms. The van der Waals surface area contributed by atoms with Crippen LogP contribution in [-0.4, -0.2) is 36.5 Å². The molecule has 110 valence electrons. The number of hydrogen-bond acceptors (Lipinski definition) is 2. The predicted octanol–water partition coefficient (Wildman–Crippen LogP) is 2.39. The maximum Gasteiger partial charge on any atom is 0.239 e. The number of amides is 1. The summed E-state index contributed by atoms with van der Waals surface area (Å²) in [6.07, 6.45) is 4.45. The molecule has 1 N–H and O–H groups in total. The Labute approximate surface area is 122 Å². The Morgan fingerprint density at radius 1 is 1.30 bits per heavy atom. The minimum atomic E-state index is -0.0915. The van der Waals surface area contributed by atoms with Gasteiger partial charge in [-0.15, -0.1) is 0 Å². The Balaban J connectivity index is 1.91. The molecule has 1 unspecified atom stereocenters. The van der Waals surface area contributed by atoms with Gasteiger partial charge in [0.2, 0.25) is 5.91 Å². The number of fused-ring (bicyclic) bond motifs is 1. The lowest BCUT2D eigenvalue weighted by atomic mass is 10.0. The highest BCUT2D eigenvalue weighted by atomic mass is 16.2. The van der Waals surface area contributed by atoms with Crippen LogP contribution in [0.2, 0.25) is 0 Å². The van der Waals surface area contributed by atoms with Gasteiger partial charge in [-0.2, -0.15) is 0 Å². The van der Waals surface area contributed by atoms with E-state index in [1.165, 1.54) is 11.1 Å². The zero-order valence-corrected chi connectivity index (χ0v) is 12.9. The van der Waals surface area contributed by atoms with Crippen molar-refractivity contribution in [2.24, 2.45) is 0 Å². The standard InChI is InChI=1S/C17H26N2O/c1-4-19(3)17(20)13(2)18-16-11-9-14-7-5-6-8-15(14)10-12-16/h5-8,13,16,18H,4,9-12H2,1-3H3. The first kappa shape index (κ1) is 15.0. The van der Waals surface area contributed by atoms with Crippen LogP contribution in [0.4, 0.5) is 0 Å². The van der Waals surface area contributed by atoms with E-state index in [2.05, 4.69) is 29.6 Å². The van der Waals surface area contributed by atoms with Crippen molar-refractivity contribution in [3.8, 4) is 0 Å². The topological polar surface area (TPSA) is 32.3 Å². The normalized spacial score (nSPS) is 17.1. The molecule has 1 amide bonds. The highest BCUT2D eigenvalue weighted by molar-refractivity contribution is 5.81. The number of nitrogens with one attached hydrogen (secondary N) is 1. The van der Waals surface area contributed by atoms with Crippen LogP contribution in [-0.2, 0) is 17.6 Å². The van der Waals surface area contributed by atoms with Gasteiger partial charge < -0.3 is 10.2 Å². The molecule has 0 radical (unpaired) electrons. The van der Waals surface area contributed by atoms with Crippen LogP contribution < -0.4 is 5.32 Å². The van der Waals surface area contributed by atoms with Gasteiger partial charge in [0.25, 0.3) is 0 Å². The molecule has 1 aromatic carbocycles. The quantitative estimate of drug-likeness (QED) is 0.855. The third-order valence-corrected chi connectivity index (χ3v) is 4.35. The lowest BCUT2D eigenvalue weighted by molar-refractivity contribution is -0.131. The van der Waals surface area contributed by atoms with Crippen molar-refractivity contribution in [1.29, 1.82) is 0 Å². The number of hydrogen-bond donors (Lipinski definition) is 1. The molecule has 0 heterocycles. The summed E-state index contributed by atoms with van der Waals surface area (Å²) in [6, 6.07) is 9.05. The van der Waals surface area contributed by atoms with Crippen molar-refractivity contribution >= 4 is 5.91 Å². The van der Waals surface area contributed by atoms with Crippen LogP contribution in [0.15, 0.2) is 24.3 Å². The van der Waals surface area contributed by atoms with Gasteiger partial charge in [-0.05, 0) is 50.7 Å². The summed E-state index contributed by atoms with van der Waals surface area (Å²) in [5.74, 6) is 0.189. The van der Waals surface area contributed by atoms with Gasteiger partial charge >= 0.3 is 0 Å². The second-order valence-corrected chi connectivity index (χ2v) is 5.78. The Bertz CT molecular complexity index is 431. The molecule has 0 spiro atoms. The molecule has 0 saturated carbocycles. The van der Waals surface area contributed by atoms with Gasteiger partial charge in [-0.25, -0.2) is 0 Å². The minimum absolute atomic E-state index is 0.0915. The summed E-state index contributed by atoms with van der Waals surface area (Å²) in [7, 11) is 1.86. The molecule has 0 aromatic heterocycles. The van der Waals surface area contributed by atoms with Crippen molar-refractivity contribution in [2.45, 2.75) is 51.6 Å². The van der Waals surface area contributed by atoms with Crippen LogP contribution in [0.3, 0.4) is 0 Å². The smallest absolute Gasteiger partial charge is 0.239 e. The van der Waals surface area contributed by atoms with Gasteiger partial charge in [0.15, 0.2) is 0 Å². The second-order valence-electron chi connectivity index (χ2n) is 5.78. The van der Waals surface area contributed by atoms with E-state index in [9.17, 15) is 4.79 Å². The number of rotatable bonds is 4. The maximum atomic E-state index is 12.1. The highest BCUT2D eigenvalue weighted by Gasteiger charge is 2.22. The van der Waals surface area contributed by atoms with E-state index >= 15 is 0 Å². The Kier molecular flexibility index (Phi) is 5.18. The van der Waals surface area contributed by atoms with Crippen molar-refractivity contribution in [3.05, 3.63) is 35.4 Å². The summed E-state index contributed by atoms with van der Waals surface area (Å²) in [5.41, 5.74) is 2.95. The number of carbonyl (C=O) groups is 1. The van der Waals surface area contributed by atoms with Crippen molar-refractivity contribution < 1.29 is 4.79 Å². The second kappa shape index (κ2) is 6.89. The molecule has 3 heteroatoms. The summed E-state index contributed by atoms with van der Waals surface area (Å²) in [6.45, 7) is 4.75. The summed E-state index contributed by atoms with van der Waals surface area (Å²) >= 11 is 0. The number of likely N-dealkylation sites (N-methyl/N-ethyl adjacent to an activating group) is 1. The van der Waals surface area contributed by atoms with Crippen LogP contribution in [0.1, 0.15) is 37.8 Å². The highest BCUT2D eigenvalue weighted by Crippen LogP contribution is 2.20. The molecule has 0 fully saturated rings. The molecule has 0 bridgehead atoms. The first-order valence-corrected chi connectivity index (χ1v) is 7.69. The number of nitrogens with zero attached hydrogens (tertiary/aromatic N) is 1. The average Bonchev–Trinajstić information content (AvgIpc) is 2.68. The molecule has 1 aliphatic carbocycles. The van der Waals surface area contributed by atoms with Gasteiger partial charge in [-0.1, -0.05) is 24.3 Å². The molecule has 0 saturated heterocycles. The zero-order chi connectivity index (χ0) is 14.5. The minimum Gasteiger partial charge on any atom is -0.345 e. The first-order chi connectivity index (χ1) is 9.61. The molecular formula is C17H26N2O. The van der Waals surface area contributed by atoms with Crippen molar-refractivity contribution in [2.75, 3.05) is 13.6 Å². The molecule has 2 rings (SSSR count). The van der Waals surface area contributed by atoms with Crippen molar-refractivity contribution in [1.82, 2.24) is 10.2 Å². The summed E-state index contributed by atoms with van der Waals surface area (Å²) in [5, 5.41) is 3.52. The fourth-order valence-corrected chi connectivity index (χ4v) is 2.93. The number of carbonyl (C=O) groups excluding carboxylic acids is 1. The molecule has 1 aliphatic rings. The van der Waals surface area contributed by atoms with E-state index in [0.29, 0.717) is 6.04 Å². The van der Waals surface area contributed by atoms with E-state index in [0.717, 1.165) is 32.2 Å². The summed E-state index contributed by atoms with van der Waals surface area (Å²) in [4.78, 5) is 13.9. The van der Waals surface area contributed by atoms with Crippen LogP contribution >= 0.6 is 0 Å². The van der Waals surface area contributed by atoms with E-state index in [4.69, 9.17) is 0 Å². The van der Waals surface area contributed by atoms with Crippen LogP contribution in [0.5, 0.6) is 0 Å². The van der Waals surface area contributed by atoms with Gasteiger partial charge in [0.1, 0.15) is 0 Å². The average molecular weight is 274 g/mol. The molecule has 0 aliphatic heterocycles. The Morgan fingerprint density at radius 3 is 2.35 bits per heavy atom. The molecule has 3 nitrogen and oxygen atoms in total. The largest absolute Gasteiger partial charge is 0.345 e. The third kappa shape index (κ3) is 3.60. The fraction of sp³-hybridized carbons (Fsp3) is 0.588. The van der Waals surface area contributed by atoms with Crippen molar-refractivity contribution in [3.63, 3.8) is 0 Å². The molecule has 1 aromatic rings. The SMILES string of the molecule is CCN(C)C(=O)C(C)NC1CCc2ccccc2CC1. The van der Waals surface area contributed by atoms with Gasteiger partial charge in [0, 0.05) is 19.6 Å². The Morgan fingerprint density at radius 2 is 1.85 bits per heavy atom. The lowest BCUT2D eigenvalue weighted by Crippen LogP contribution is -2.47.